The van der Waals surface area contributed by atoms with Crippen LogP contribution in [0.4, 0.5) is 0 Å². The molecule has 0 amide bonds. The zero-order chi connectivity index (χ0) is 16.2. The zero-order valence-electron chi connectivity index (χ0n) is 13.4. The standard InChI is InChI=1S/C9H11N.C8H17NO3/c1-2-4-9-7-10-6-5-8(9)3-1;1-2-3-4-5-12-6-7(9)8(10)11/h1-4,10H,5-7H2;7H,2-6,9H2,1H3,(H,10,11). The van der Waals surface area contributed by atoms with E-state index in [2.05, 4.69) is 36.5 Å². The lowest BCUT2D eigenvalue weighted by molar-refractivity contribution is -0.140. The number of nitrogens with one attached hydrogen (secondary N) is 1. The van der Waals surface area contributed by atoms with Crippen molar-refractivity contribution in [3.8, 4) is 0 Å². The molecule has 0 aliphatic carbocycles. The van der Waals surface area contributed by atoms with Gasteiger partial charge in [-0.15, -0.1) is 0 Å². The lowest BCUT2D eigenvalue weighted by Gasteiger charge is -2.15. The number of unbranched alkanes of at least 4 members (excludes halogenated alkanes) is 2. The minimum atomic E-state index is -1.01. The Hall–Kier alpha value is -1.43. The van der Waals surface area contributed by atoms with E-state index in [1.54, 1.807) is 0 Å². The first-order valence-corrected chi connectivity index (χ1v) is 7.98. The normalized spacial score (nSPS) is 14.5. The van der Waals surface area contributed by atoms with E-state index in [9.17, 15) is 4.79 Å². The average Bonchev–Trinajstić information content (AvgIpc) is 2.55. The fourth-order valence-corrected chi connectivity index (χ4v) is 2.16. The number of carboxylic acids is 1. The molecule has 1 atom stereocenters. The molecule has 22 heavy (non-hydrogen) atoms. The second-order valence-electron chi connectivity index (χ2n) is 5.42. The van der Waals surface area contributed by atoms with E-state index in [0.717, 1.165) is 32.4 Å². The Balaban J connectivity index is 0.000000222. The smallest absolute Gasteiger partial charge is 0.322 e. The van der Waals surface area contributed by atoms with E-state index in [1.165, 1.54) is 17.5 Å². The van der Waals surface area contributed by atoms with Gasteiger partial charge in [0.25, 0.3) is 0 Å². The van der Waals surface area contributed by atoms with Crippen molar-refractivity contribution >= 4 is 5.97 Å². The highest BCUT2D eigenvalue weighted by atomic mass is 16.5. The van der Waals surface area contributed by atoms with Crippen LogP contribution >= 0.6 is 0 Å². The Morgan fingerprint density at radius 3 is 2.73 bits per heavy atom. The molecule has 0 radical (unpaired) electrons. The topological polar surface area (TPSA) is 84.6 Å². The number of ether oxygens (including phenoxy) is 1. The van der Waals surface area contributed by atoms with Gasteiger partial charge < -0.3 is 20.9 Å². The van der Waals surface area contributed by atoms with Crippen LogP contribution < -0.4 is 11.1 Å². The van der Waals surface area contributed by atoms with Crippen molar-refractivity contribution in [3.63, 3.8) is 0 Å². The van der Waals surface area contributed by atoms with Gasteiger partial charge in [0, 0.05) is 13.2 Å². The molecule has 2 rings (SSSR count). The summed E-state index contributed by atoms with van der Waals surface area (Å²) in [5.41, 5.74) is 8.19. The van der Waals surface area contributed by atoms with Crippen molar-refractivity contribution in [2.45, 2.75) is 45.2 Å². The van der Waals surface area contributed by atoms with Crippen molar-refractivity contribution in [2.24, 2.45) is 5.73 Å². The second kappa shape index (κ2) is 11.2. The summed E-state index contributed by atoms with van der Waals surface area (Å²) in [6, 6.07) is 7.75. The van der Waals surface area contributed by atoms with Crippen LogP contribution in [0.2, 0.25) is 0 Å². The SMILES string of the molecule is CCCCCOCC(N)C(=O)O.c1ccc2c(c1)CCNC2. The first kappa shape index (κ1) is 18.6. The van der Waals surface area contributed by atoms with Crippen molar-refractivity contribution in [2.75, 3.05) is 19.8 Å². The molecule has 0 spiro atoms. The van der Waals surface area contributed by atoms with Gasteiger partial charge in [-0.3, -0.25) is 4.79 Å². The van der Waals surface area contributed by atoms with Crippen LogP contribution in [0.15, 0.2) is 24.3 Å². The summed E-state index contributed by atoms with van der Waals surface area (Å²) in [5, 5.41) is 11.7. The van der Waals surface area contributed by atoms with Crippen LogP contribution in [0.25, 0.3) is 0 Å². The molecule has 0 saturated heterocycles. The number of nitrogens with two attached hydrogens (primary N) is 1. The summed E-state index contributed by atoms with van der Waals surface area (Å²) in [5.74, 6) is -1.01. The number of aliphatic carboxylic acids is 1. The van der Waals surface area contributed by atoms with E-state index in [-0.39, 0.29) is 6.61 Å². The zero-order valence-corrected chi connectivity index (χ0v) is 13.4. The summed E-state index contributed by atoms with van der Waals surface area (Å²) in [7, 11) is 0. The van der Waals surface area contributed by atoms with Crippen molar-refractivity contribution < 1.29 is 14.6 Å². The van der Waals surface area contributed by atoms with Crippen LogP contribution in [0, 0.1) is 0 Å². The van der Waals surface area contributed by atoms with Crippen molar-refractivity contribution in [1.29, 1.82) is 0 Å². The number of hydrogen-bond acceptors (Lipinski definition) is 4. The summed E-state index contributed by atoms with van der Waals surface area (Å²) < 4.78 is 5.05. The molecule has 0 fully saturated rings. The minimum Gasteiger partial charge on any atom is -0.480 e. The van der Waals surface area contributed by atoms with Gasteiger partial charge >= 0.3 is 5.97 Å². The summed E-state index contributed by atoms with van der Waals surface area (Å²) in [6.07, 6.45) is 4.41. The van der Waals surface area contributed by atoms with Crippen LogP contribution in [0.3, 0.4) is 0 Å². The third kappa shape index (κ3) is 7.54. The molecule has 1 aliphatic heterocycles. The van der Waals surface area contributed by atoms with Crippen LogP contribution in [-0.2, 0) is 22.5 Å². The predicted octanol–water partition coefficient (Wildman–Crippen LogP) is 1.94. The average molecular weight is 308 g/mol. The monoisotopic (exact) mass is 308 g/mol. The van der Waals surface area contributed by atoms with Gasteiger partial charge in [0.2, 0.25) is 0 Å². The molecule has 124 valence electrons. The Morgan fingerprint density at radius 2 is 2.09 bits per heavy atom. The van der Waals surface area contributed by atoms with Crippen LogP contribution in [0.5, 0.6) is 0 Å². The highest BCUT2D eigenvalue weighted by Gasteiger charge is 2.10. The Morgan fingerprint density at radius 1 is 1.36 bits per heavy atom. The number of carboxylic acid groups (broad SMARTS) is 1. The minimum absolute atomic E-state index is 0.110. The van der Waals surface area contributed by atoms with E-state index in [0.29, 0.717) is 6.61 Å². The molecule has 1 heterocycles. The summed E-state index contributed by atoms with van der Waals surface area (Å²) in [6.45, 7) is 5.00. The lowest BCUT2D eigenvalue weighted by atomic mass is 10.0. The van der Waals surface area contributed by atoms with Gasteiger partial charge in [0.1, 0.15) is 6.04 Å². The van der Waals surface area contributed by atoms with E-state index >= 15 is 0 Å². The number of fused-ring (bicyclic) bond motifs is 1. The van der Waals surface area contributed by atoms with Gasteiger partial charge in [-0.1, -0.05) is 44.0 Å². The molecular formula is C17H28N2O3. The van der Waals surface area contributed by atoms with Gasteiger partial charge in [-0.2, -0.15) is 0 Å². The molecule has 0 bridgehead atoms. The van der Waals surface area contributed by atoms with Crippen molar-refractivity contribution in [3.05, 3.63) is 35.4 Å². The number of rotatable bonds is 7. The maximum atomic E-state index is 10.2. The van der Waals surface area contributed by atoms with E-state index in [1.807, 2.05) is 0 Å². The van der Waals surface area contributed by atoms with Gasteiger partial charge in [0.05, 0.1) is 6.61 Å². The summed E-state index contributed by atoms with van der Waals surface area (Å²) >= 11 is 0. The molecule has 4 N–H and O–H groups in total. The Labute approximate surface area is 132 Å². The number of hydrogen-bond donors (Lipinski definition) is 3. The Bertz CT molecular complexity index is 413. The van der Waals surface area contributed by atoms with Gasteiger partial charge in [-0.25, -0.2) is 0 Å². The Kier molecular flexibility index (Phi) is 9.46. The number of carbonyl (C=O) groups is 1. The number of benzene rings is 1. The molecule has 5 heteroatoms. The van der Waals surface area contributed by atoms with Crippen LogP contribution in [-0.4, -0.2) is 36.9 Å². The molecule has 1 aromatic carbocycles. The fraction of sp³-hybridized carbons (Fsp3) is 0.588. The van der Waals surface area contributed by atoms with Crippen LogP contribution in [0.1, 0.15) is 37.3 Å². The highest BCUT2D eigenvalue weighted by molar-refractivity contribution is 5.73. The molecular weight excluding hydrogens is 280 g/mol. The first-order chi connectivity index (χ1) is 10.6. The van der Waals surface area contributed by atoms with Gasteiger partial charge in [0.15, 0.2) is 0 Å². The fourth-order valence-electron chi connectivity index (χ4n) is 2.16. The molecule has 1 unspecified atom stereocenters. The highest BCUT2D eigenvalue weighted by Crippen LogP contribution is 2.11. The van der Waals surface area contributed by atoms with Gasteiger partial charge in [-0.05, 0) is 30.5 Å². The second-order valence-corrected chi connectivity index (χ2v) is 5.42. The molecule has 1 aliphatic rings. The molecule has 0 saturated carbocycles. The van der Waals surface area contributed by atoms with Crippen molar-refractivity contribution in [1.82, 2.24) is 5.32 Å². The summed E-state index contributed by atoms with van der Waals surface area (Å²) in [4.78, 5) is 10.2. The third-order valence-electron chi connectivity index (χ3n) is 3.51. The maximum Gasteiger partial charge on any atom is 0.322 e. The predicted molar refractivity (Wildman–Crippen MR) is 87.8 cm³/mol. The van der Waals surface area contributed by atoms with E-state index < -0.39 is 12.0 Å². The lowest BCUT2D eigenvalue weighted by Crippen LogP contribution is -2.34. The maximum absolute atomic E-state index is 10.2. The largest absolute Gasteiger partial charge is 0.480 e. The van der Waals surface area contributed by atoms with E-state index in [4.69, 9.17) is 15.6 Å². The quantitative estimate of drug-likeness (QED) is 0.670. The molecule has 0 aromatic heterocycles. The molecule has 1 aromatic rings. The molecule has 5 nitrogen and oxygen atoms in total. The third-order valence-corrected chi connectivity index (χ3v) is 3.51. The first-order valence-electron chi connectivity index (χ1n) is 7.98.